The Morgan fingerprint density at radius 3 is 2.05 bits per heavy atom. The predicted octanol–water partition coefficient (Wildman–Crippen LogP) is 3.37. The minimum absolute atomic E-state index is 0.123. The van der Waals surface area contributed by atoms with Gasteiger partial charge in [0, 0.05) is 13.1 Å². The van der Waals surface area contributed by atoms with Gasteiger partial charge >= 0.3 is 0 Å². The second kappa shape index (κ2) is 13.0. The topological polar surface area (TPSA) is 58.7 Å². The lowest BCUT2D eigenvalue weighted by Crippen LogP contribution is -2.31. The molecule has 118 valence electrons. The van der Waals surface area contributed by atoms with Crippen LogP contribution < -0.4 is 5.73 Å². The average Bonchev–Trinajstić information content (AvgIpc) is 2.35. The number of allylic oxidation sites excluding steroid dienone is 1. The summed E-state index contributed by atoms with van der Waals surface area (Å²) in [5.74, 6) is 0. The summed E-state index contributed by atoms with van der Waals surface area (Å²) in [5, 5.41) is 7.52. The molecular weight excluding hydrogens is 306 g/mol. The fourth-order valence-electron chi connectivity index (χ4n) is 1.16. The number of halogens is 2. The lowest BCUT2D eigenvalue weighted by atomic mass is 10.2. The van der Waals surface area contributed by atoms with Crippen molar-refractivity contribution < 1.29 is 18.6 Å². The first-order chi connectivity index (χ1) is 9.26. The van der Waals surface area contributed by atoms with Crippen molar-refractivity contribution in [2.24, 2.45) is 5.73 Å². The zero-order valence-corrected chi connectivity index (χ0v) is 13.6. The van der Waals surface area contributed by atoms with E-state index in [1.165, 1.54) is 6.92 Å². The van der Waals surface area contributed by atoms with Gasteiger partial charge in [-0.25, -0.2) is 0 Å². The summed E-state index contributed by atoms with van der Waals surface area (Å²) >= 11 is 8.92. The molecule has 0 aromatic carbocycles. The number of hydrogen-bond acceptors (Lipinski definition) is 3. The molecule has 0 aliphatic heterocycles. The largest absolute Gasteiger partial charge is 0.487 e. The smallest absolute Gasteiger partial charge is 0.269 e. The second-order valence-electron chi connectivity index (χ2n) is 3.77. The molecule has 0 radical (unpaired) electrons. The standard InChI is InChI=1S/C11H19F2NOS.CH3NOS/c1-4-14(5-2)11(16)15-8-6-7-9(3)10(12)13;2-1(3)4/h4-8H2,1-3H3;(H3,2,3,4). The fourth-order valence-corrected chi connectivity index (χ4v) is 1.51. The van der Waals surface area contributed by atoms with Crippen LogP contribution in [0.5, 0.6) is 0 Å². The molecule has 20 heavy (non-hydrogen) atoms. The van der Waals surface area contributed by atoms with Gasteiger partial charge in [0.25, 0.3) is 16.4 Å². The van der Waals surface area contributed by atoms with Crippen LogP contribution in [-0.2, 0) is 4.74 Å². The average molecular weight is 328 g/mol. The lowest BCUT2D eigenvalue weighted by Gasteiger charge is -2.21. The highest BCUT2D eigenvalue weighted by Gasteiger charge is 2.06. The van der Waals surface area contributed by atoms with Crippen molar-refractivity contribution in [1.82, 2.24) is 4.90 Å². The number of aliphatic hydroxyl groups is 1. The van der Waals surface area contributed by atoms with Gasteiger partial charge in [0.15, 0.2) is 0 Å². The summed E-state index contributed by atoms with van der Waals surface area (Å²) in [6, 6.07) is 0. The van der Waals surface area contributed by atoms with Crippen molar-refractivity contribution in [3.8, 4) is 0 Å². The van der Waals surface area contributed by atoms with Gasteiger partial charge in [0.1, 0.15) is 0 Å². The molecule has 0 aliphatic rings. The molecule has 0 saturated heterocycles. The van der Waals surface area contributed by atoms with E-state index in [1.54, 1.807) is 0 Å². The minimum atomic E-state index is -1.59. The van der Waals surface area contributed by atoms with Gasteiger partial charge in [-0.1, -0.05) is 0 Å². The maximum Gasteiger partial charge on any atom is 0.269 e. The van der Waals surface area contributed by atoms with Crippen LogP contribution in [0.25, 0.3) is 0 Å². The first kappa shape index (κ1) is 21.3. The van der Waals surface area contributed by atoms with Crippen LogP contribution in [-0.4, -0.2) is 40.1 Å². The van der Waals surface area contributed by atoms with Crippen LogP contribution in [0, 0.1) is 0 Å². The van der Waals surface area contributed by atoms with E-state index in [4.69, 9.17) is 22.1 Å². The van der Waals surface area contributed by atoms with Gasteiger partial charge in [-0.2, -0.15) is 8.78 Å². The van der Waals surface area contributed by atoms with Gasteiger partial charge in [0.05, 0.1) is 6.61 Å². The Bertz CT molecular complexity index is 327. The third-order valence-electron chi connectivity index (χ3n) is 2.27. The second-order valence-corrected chi connectivity index (χ2v) is 4.54. The third-order valence-corrected chi connectivity index (χ3v) is 2.64. The van der Waals surface area contributed by atoms with Gasteiger partial charge in [-0.05, 0) is 63.6 Å². The Morgan fingerprint density at radius 1 is 1.25 bits per heavy atom. The molecule has 0 amide bonds. The maximum atomic E-state index is 12.1. The molecule has 0 aromatic heterocycles. The van der Waals surface area contributed by atoms with Crippen LogP contribution in [0.4, 0.5) is 8.78 Å². The molecule has 0 aliphatic carbocycles. The summed E-state index contributed by atoms with van der Waals surface area (Å²) < 4.78 is 29.4. The molecule has 0 spiro atoms. The summed E-state index contributed by atoms with van der Waals surface area (Å²) in [6.07, 6.45) is -0.681. The lowest BCUT2D eigenvalue weighted by molar-refractivity contribution is 0.244. The maximum absolute atomic E-state index is 12.1. The number of thiocarbonyl (C=S) groups is 2. The molecule has 0 aromatic rings. The molecule has 0 fully saturated rings. The third kappa shape index (κ3) is 13.4. The Balaban J connectivity index is 0. The van der Waals surface area contributed by atoms with Gasteiger partial charge in [-0.3, -0.25) is 0 Å². The first-order valence-corrected chi connectivity index (χ1v) is 6.98. The number of aliphatic hydroxyl groups excluding tert-OH is 1. The Labute approximate surface area is 129 Å². The van der Waals surface area contributed by atoms with Crippen LogP contribution in [0.2, 0.25) is 0 Å². The monoisotopic (exact) mass is 328 g/mol. The Kier molecular flexibility index (Phi) is 13.8. The van der Waals surface area contributed by atoms with E-state index in [-0.39, 0.29) is 5.57 Å². The van der Waals surface area contributed by atoms with E-state index in [0.29, 0.717) is 24.6 Å². The first-order valence-electron chi connectivity index (χ1n) is 6.17. The summed E-state index contributed by atoms with van der Waals surface area (Å²) in [7, 11) is 0. The number of ether oxygens (including phenoxy) is 1. The van der Waals surface area contributed by atoms with Crippen molar-refractivity contribution in [1.29, 1.82) is 0 Å². The zero-order chi connectivity index (χ0) is 16.1. The van der Waals surface area contributed by atoms with E-state index < -0.39 is 11.3 Å². The molecular formula is C12H22F2N2O2S2. The van der Waals surface area contributed by atoms with Crippen molar-refractivity contribution in [3.05, 3.63) is 11.7 Å². The normalized spacial score (nSPS) is 9.05. The van der Waals surface area contributed by atoms with Crippen molar-refractivity contribution in [2.75, 3.05) is 19.7 Å². The van der Waals surface area contributed by atoms with Crippen LogP contribution in [0.3, 0.4) is 0 Å². The molecule has 3 N–H and O–H groups in total. The van der Waals surface area contributed by atoms with Gasteiger partial charge in [0.2, 0.25) is 0 Å². The van der Waals surface area contributed by atoms with Crippen molar-refractivity contribution in [3.63, 3.8) is 0 Å². The van der Waals surface area contributed by atoms with Crippen LogP contribution in [0.15, 0.2) is 11.7 Å². The summed E-state index contributed by atoms with van der Waals surface area (Å²) in [5.41, 5.74) is 4.52. The fraction of sp³-hybridized carbons (Fsp3) is 0.667. The van der Waals surface area contributed by atoms with E-state index in [0.717, 1.165) is 13.1 Å². The van der Waals surface area contributed by atoms with Gasteiger partial charge < -0.3 is 20.5 Å². The van der Waals surface area contributed by atoms with Crippen molar-refractivity contribution >= 4 is 34.8 Å². The van der Waals surface area contributed by atoms with E-state index in [2.05, 4.69) is 18.0 Å². The molecule has 0 rings (SSSR count). The molecule has 0 saturated carbocycles. The molecule has 0 unspecified atom stereocenters. The summed E-state index contributed by atoms with van der Waals surface area (Å²) in [4.78, 5) is 1.91. The number of rotatable bonds is 6. The quantitative estimate of drug-likeness (QED) is 0.576. The van der Waals surface area contributed by atoms with E-state index in [9.17, 15) is 8.78 Å². The number of nitrogens with two attached hydrogens (primary N) is 1. The molecule has 8 heteroatoms. The molecule has 0 bridgehead atoms. The van der Waals surface area contributed by atoms with Crippen LogP contribution in [0.1, 0.15) is 33.6 Å². The molecule has 0 atom stereocenters. The molecule has 4 nitrogen and oxygen atoms in total. The predicted molar refractivity (Wildman–Crippen MR) is 85.0 cm³/mol. The van der Waals surface area contributed by atoms with Gasteiger partial charge in [-0.15, -0.1) is 0 Å². The highest BCUT2D eigenvalue weighted by atomic mass is 32.1. The number of hydrogen-bond donors (Lipinski definition) is 2. The highest BCUT2D eigenvalue weighted by Crippen LogP contribution is 2.12. The SMILES string of the molecule is CCN(CC)C(=S)OCCCC(C)=C(F)F.NC(O)=S. The zero-order valence-electron chi connectivity index (χ0n) is 12.0. The van der Waals surface area contributed by atoms with Crippen molar-refractivity contribution in [2.45, 2.75) is 33.6 Å². The Hall–Kier alpha value is -1.02. The van der Waals surface area contributed by atoms with Crippen LogP contribution >= 0.6 is 24.4 Å². The molecule has 0 heterocycles. The Morgan fingerprint density at radius 2 is 1.70 bits per heavy atom. The number of nitrogens with zero attached hydrogens (tertiary/aromatic N) is 1. The van der Waals surface area contributed by atoms with E-state index in [1.807, 2.05) is 18.7 Å². The highest BCUT2D eigenvalue weighted by molar-refractivity contribution is 7.80. The van der Waals surface area contributed by atoms with E-state index >= 15 is 0 Å². The summed E-state index contributed by atoms with van der Waals surface area (Å²) in [6.45, 7) is 7.40. The minimum Gasteiger partial charge on any atom is -0.487 e.